The second-order valence-electron chi connectivity index (χ2n) is 6.82. The van der Waals surface area contributed by atoms with Crippen LogP contribution < -0.4 is 15.6 Å². The van der Waals surface area contributed by atoms with Crippen LogP contribution in [-0.2, 0) is 6.54 Å². The van der Waals surface area contributed by atoms with Crippen LogP contribution in [0.25, 0.3) is 5.65 Å². The molecule has 0 aliphatic heterocycles. The van der Waals surface area contributed by atoms with Gasteiger partial charge in [0, 0.05) is 18.0 Å². The van der Waals surface area contributed by atoms with E-state index >= 15 is 0 Å². The van der Waals surface area contributed by atoms with Gasteiger partial charge in [-0.3, -0.25) is 9.20 Å². The third kappa shape index (κ3) is 4.04. The molecule has 0 saturated heterocycles. The van der Waals surface area contributed by atoms with Crippen molar-refractivity contribution >= 4 is 11.3 Å². The summed E-state index contributed by atoms with van der Waals surface area (Å²) in [5, 5.41) is 3.30. The molecule has 4 aromatic rings. The minimum absolute atomic E-state index is 0.0765. The SMILES string of the molecule is Cc1cccc(Oc2ccc(NCc3cc(=O)n4cc(C)ccc4n3)cc2)c1. The summed E-state index contributed by atoms with van der Waals surface area (Å²) in [6, 6.07) is 21.0. The lowest BCUT2D eigenvalue weighted by Crippen LogP contribution is -2.17. The first kappa shape index (κ1) is 17.8. The largest absolute Gasteiger partial charge is 0.457 e. The summed E-state index contributed by atoms with van der Waals surface area (Å²) in [5.74, 6) is 1.59. The van der Waals surface area contributed by atoms with Crippen molar-refractivity contribution in [3.63, 3.8) is 0 Å². The highest BCUT2D eigenvalue weighted by atomic mass is 16.5. The van der Waals surface area contributed by atoms with Gasteiger partial charge in [-0.15, -0.1) is 0 Å². The topological polar surface area (TPSA) is 55.6 Å². The summed E-state index contributed by atoms with van der Waals surface area (Å²) in [6.07, 6.45) is 1.80. The average Bonchev–Trinajstić information content (AvgIpc) is 2.68. The van der Waals surface area contributed by atoms with E-state index in [1.54, 1.807) is 16.7 Å². The van der Waals surface area contributed by atoms with Gasteiger partial charge in [0.05, 0.1) is 12.2 Å². The van der Waals surface area contributed by atoms with Crippen molar-refractivity contribution in [2.24, 2.45) is 0 Å². The van der Waals surface area contributed by atoms with Crippen LogP contribution >= 0.6 is 0 Å². The number of ether oxygens (including phenoxy) is 1. The van der Waals surface area contributed by atoms with Gasteiger partial charge in [-0.05, 0) is 67.4 Å². The molecule has 5 nitrogen and oxygen atoms in total. The molecule has 1 N–H and O–H groups in total. The summed E-state index contributed by atoms with van der Waals surface area (Å²) in [7, 11) is 0. The number of hydrogen-bond donors (Lipinski definition) is 1. The van der Waals surface area contributed by atoms with E-state index in [4.69, 9.17) is 4.74 Å². The number of benzene rings is 2. The molecule has 0 aliphatic carbocycles. The van der Waals surface area contributed by atoms with E-state index in [-0.39, 0.29) is 5.56 Å². The molecule has 0 unspecified atom stereocenters. The van der Waals surface area contributed by atoms with E-state index in [1.165, 1.54) is 0 Å². The quantitative estimate of drug-likeness (QED) is 0.552. The number of aryl methyl sites for hydroxylation is 2. The Morgan fingerprint density at radius 2 is 1.75 bits per heavy atom. The first-order valence-corrected chi connectivity index (χ1v) is 9.14. The van der Waals surface area contributed by atoms with Crippen molar-refractivity contribution in [3.05, 3.63) is 100 Å². The van der Waals surface area contributed by atoms with Crippen LogP contribution in [0.3, 0.4) is 0 Å². The number of hydrogen-bond acceptors (Lipinski definition) is 4. The maximum atomic E-state index is 12.3. The van der Waals surface area contributed by atoms with Crippen LogP contribution in [0.2, 0.25) is 0 Å². The molecule has 28 heavy (non-hydrogen) atoms. The summed E-state index contributed by atoms with van der Waals surface area (Å²) in [6.45, 7) is 4.46. The Kier molecular flexibility index (Phi) is 4.81. The fourth-order valence-corrected chi connectivity index (χ4v) is 3.00. The maximum Gasteiger partial charge on any atom is 0.258 e. The van der Waals surface area contributed by atoms with Crippen LogP contribution in [0.4, 0.5) is 5.69 Å². The highest BCUT2D eigenvalue weighted by Gasteiger charge is 2.04. The summed E-state index contributed by atoms with van der Waals surface area (Å²) < 4.78 is 7.43. The smallest absolute Gasteiger partial charge is 0.258 e. The molecule has 4 rings (SSSR count). The Bertz CT molecular complexity index is 1180. The molecule has 2 heterocycles. The van der Waals surface area contributed by atoms with Crippen LogP contribution in [0, 0.1) is 13.8 Å². The molecular formula is C23H21N3O2. The normalized spacial score (nSPS) is 10.8. The van der Waals surface area contributed by atoms with Gasteiger partial charge < -0.3 is 10.1 Å². The van der Waals surface area contributed by atoms with E-state index in [0.29, 0.717) is 17.9 Å². The lowest BCUT2D eigenvalue weighted by molar-refractivity contribution is 0.482. The van der Waals surface area contributed by atoms with E-state index in [0.717, 1.165) is 28.3 Å². The fourth-order valence-electron chi connectivity index (χ4n) is 3.00. The Morgan fingerprint density at radius 1 is 0.929 bits per heavy atom. The Hall–Kier alpha value is -3.60. The van der Waals surface area contributed by atoms with E-state index in [9.17, 15) is 4.79 Å². The maximum absolute atomic E-state index is 12.3. The third-order valence-electron chi connectivity index (χ3n) is 4.41. The molecule has 0 amide bonds. The molecule has 5 heteroatoms. The molecule has 0 spiro atoms. The molecular weight excluding hydrogens is 350 g/mol. The molecule has 0 fully saturated rings. The predicted octanol–water partition coefficient (Wildman–Crippen LogP) is 4.72. The van der Waals surface area contributed by atoms with Gasteiger partial charge in [0.1, 0.15) is 17.1 Å². The zero-order chi connectivity index (χ0) is 19.5. The lowest BCUT2D eigenvalue weighted by Gasteiger charge is -2.10. The fraction of sp³-hybridized carbons (Fsp3) is 0.130. The number of nitrogens with zero attached hydrogens (tertiary/aromatic N) is 2. The second kappa shape index (κ2) is 7.56. The third-order valence-corrected chi connectivity index (χ3v) is 4.41. The highest BCUT2D eigenvalue weighted by Crippen LogP contribution is 2.23. The standard InChI is InChI=1S/C23H21N3O2/c1-16-4-3-5-21(12-16)28-20-9-7-18(8-10-20)24-14-19-13-23(27)26-15-17(2)6-11-22(26)25-19/h3-13,15,24H,14H2,1-2H3. The molecule has 0 atom stereocenters. The average molecular weight is 371 g/mol. The Balaban J connectivity index is 1.44. The molecule has 2 aromatic heterocycles. The van der Waals surface area contributed by atoms with Crippen LogP contribution in [0.1, 0.15) is 16.8 Å². The minimum atomic E-state index is -0.0765. The monoisotopic (exact) mass is 371 g/mol. The van der Waals surface area contributed by atoms with Crippen molar-refractivity contribution in [2.75, 3.05) is 5.32 Å². The number of anilines is 1. The second-order valence-corrected chi connectivity index (χ2v) is 6.82. The number of fused-ring (bicyclic) bond motifs is 1. The molecule has 0 bridgehead atoms. The minimum Gasteiger partial charge on any atom is -0.457 e. The van der Waals surface area contributed by atoms with Crippen molar-refractivity contribution < 1.29 is 4.74 Å². The Labute approximate surface area is 163 Å². The van der Waals surface area contributed by atoms with E-state index < -0.39 is 0 Å². The highest BCUT2D eigenvalue weighted by molar-refractivity contribution is 5.48. The first-order valence-electron chi connectivity index (χ1n) is 9.14. The van der Waals surface area contributed by atoms with Crippen molar-refractivity contribution in [1.29, 1.82) is 0 Å². The summed E-state index contributed by atoms with van der Waals surface area (Å²) in [4.78, 5) is 16.8. The molecule has 140 valence electrons. The zero-order valence-electron chi connectivity index (χ0n) is 15.8. The van der Waals surface area contributed by atoms with Crippen molar-refractivity contribution in [1.82, 2.24) is 9.38 Å². The van der Waals surface area contributed by atoms with Gasteiger partial charge in [-0.1, -0.05) is 18.2 Å². The van der Waals surface area contributed by atoms with Crippen LogP contribution in [-0.4, -0.2) is 9.38 Å². The number of aromatic nitrogens is 2. The molecule has 2 aromatic carbocycles. The molecule has 0 aliphatic rings. The number of nitrogens with one attached hydrogen (secondary N) is 1. The van der Waals surface area contributed by atoms with E-state index in [1.807, 2.05) is 74.5 Å². The first-order chi connectivity index (χ1) is 13.6. The van der Waals surface area contributed by atoms with Gasteiger partial charge in [0.2, 0.25) is 0 Å². The van der Waals surface area contributed by atoms with Gasteiger partial charge in [-0.25, -0.2) is 4.98 Å². The van der Waals surface area contributed by atoms with Crippen molar-refractivity contribution in [3.8, 4) is 11.5 Å². The molecule has 0 radical (unpaired) electrons. The number of pyridine rings is 1. The Morgan fingerprint density at radius 3 is 2.54 bits per heavy atom. The predicted molar refractivity (Wildman–Crippen MR) is 111 cm³/mol. The summed E-state index contributed by atoms with van der Waals surface area (Å²) >= 11 is 0. The van der Waals surface area contributed by atoms with Gasteiger partial charge in [0.15, 0.2) is 0 Å². The lowest BCUT2D eigenvalue weighted by atomic mass is 10.2. The van der Waals surface area contributed by atoms with Crippen LogP contribution in [0.5, 0.6) is 11.5 Å². The zero-order valence-corrected chi connectivity index (χ0v) is 15.8. The molecule has 0 saturated carbocycles. The van der Waals surface area contributed by atoms with Gasteiger partial charge >= 0.3 is 0 Å². The van der Waals surface area contributed by atoms with Gasteiger partial charge in [0.25, 0.3) is 5.56 Å². The number of rotatable bonds is 5. The van der Waals surface area contributed by atoms with E-state index in [2.05, 4.69) is 10.3 Å². The summed E-state index contributed by atoms with van der Waals surface area (Å²) in [5.41, 5.74) is 4.39. The van der Waals surface area contributed by atoms with Crippen molar-refractivity contribution in [2.45, 2.75) is 20.4 Å². The van der Waals surface area contributed by atoms with Crippen LogP contribution in [0.15, 0.2) is 77.7 Å². The van der Waals surface area contributed by atoms with Gasteiger partial charge in [-0.2, -0.15) is 0 Å².